The Hall–Kier alpha value is -0.373. The van der Waals surface area contributed by atoms with Crippen LogP contribution in [0.4, 0.5) is 0 Å². The molecule has 0 aromatic heterocycles. The summed E-state index contributed by atoms with van der Waals surface area (Å²) in [6.45, 7) is 0.825. The van der Waals surface area contributed by atoms with Crippen LogP contribution in [0.2, 0.25) is 0 Å². The van der Waals surface area contributed by atoms with E-state index >= 15 is 0 Å². The molecule has 1 aliphatic heterocycles. The molecule has 0 spiro atoms. The average Bonchev–Trinajstić information content (AvgIpc) is 1.72. The molecular weight excluding hydrogens is 92.1 g/mol. The van der Waals surface area contributed by atoms with Crippen LogP contribution in [-0.2, 0) is 4.74 Å². The van der Waals surface area contributed by atoms with Gasteiger partial charge in [-0.2, -0.15) is 0 Å². The fourth-order valence-electron chi connectivity index (χ4n) is 0.346. The van der Waals surface area contributed by atoms with E-state index in [2.05, 4.69) is 11.4 Å². The van der Waals surface area contributed by atoms with Crippen LogP contribution in [0.5, 0.6) is 0 Å². The molecule has 0 radical (unpaired) electrons. The third-order valence-electron chi connectivity index (χ3n) is 0.614. The number of hydrogen-bond donors (Lipinski definition) is 0. The lowest BCUT2D eigenvalue weighted by Gasteiger charge is -1.94. The van der Waals surface area contributed by atoms with E-state index in [1.165, 1.54) is 0 Å². The summed E-state index contributed by atoms with van der Waals surface area (Å²) in [4.78, 5) is 0. The maximum absolute atomic E-state index is 4.85. The Balaban J connectivity index is 2.46. The quantitative estimate of drug-likeness (QED) is 0.379. The second-order valence-electron chi connectivity index (χ2n) is 1.09. The van der Waals surface area contributed by atoms with E-state index in [9.17, 15) is 0 Å². The van der Waals surface area contributed by atoms with Crippen LogP contribution in [0.1, 0.15) is 0 Å². The monoisotopic (exact) mass is 98.0 g/mol. The summed E-state index contributed by atoms with van der Waals surface area (Å²) >= 11 is 0. The second kappa shape index (κ2) is 1.92. The summed E-state index contributed by atoms with van der Waals surface area (Å²) in [6.07, 6.45) is 1.77. The maximum atomic E-state index is 4.85. The van der Waals surface area contributed by atoms with Gasteiger partial charge in [-0.25, -0.2) is 0 Å². The Kier molecular flexibility index (Phi) is 1.22. The highest BCUT2D eigenvalue weighted by Crippen LogP contribution is 1.75. The molecule has 0 aliphatic carbocycles. The topological polar surface area (TPSA) is 9.23 Å². The van der Waals surface area contributed by atoms with Gasteiger partial charge in [0.2, 0.25) is 0 Å². The summed E-state index contributed by atoms with van der Waals surface area (Å²) in [6, 6.07) is 0. The Bertz CT molecular complexity index is 73.5. The minimum atomic E-state index is 0.475. The summed E-state index contributed by atoms with van der Waals surface area (Å²) < 4.78 is 4.85. The van der Waals surface area contributed by atoms with Gasteiger partial charge >= 0.3 is 0 Å². The molecule has 0 saturated heterocycles. The SMILES string of the molecule is C1=C[SiH]=CCO1. The first-order chi connectivity index (χ1) is 3.00. The molecule has 0 N–H and O–H groups in total. The molecule has 0 saturated carbocycles. The summed E-state index contributed by atoms with van der Waals surface area (Å²) in [5, 5.41) is 0. The molecule has 1 aliphatic rings. The molecule has 1 nitrogen and oxygen atoms in total. The molecule has 0 amide bonds. The molecule has 32 valence electrons. The van der Waals surface area contributed by atoms with Crippen LogP contribution >= 0.6 is 0 Å². The summed E-state index contributed by atoms with van der Waals surface area (Å²) in [5.74, 6) is 0. The zero-order valence-electron chi connectivity index (χ0n) is 3.42. The Labute approximate surface area is 39.1 Å². The van der Waals surface area contributed by atoms with E-state index < -0.39 is 0 Å². The molecule has 0 atom stereocenters. The standard InChI is InChI=1S/C4H6OSi/c1-3-6-4-2-5-1/h1,3-4,6H,2H2. The van der Waals surface area contributed by atoms with Crippen molar-refractivity contribution < 1.29 is 4.74 Å². The van der Waals surface area contributed by atoms with Crippen molar-refractivity contribution in [1.29, 1.82) is 0 Å². The fraction of sp³-hybridized carbons (Fsp3) is 0.250. The van der Waals surface area contributed by atoms with E-state index in [0.29, 0.717) is 9.13 Å². The van der Waals surface area contributed by atoms with Gasteiger partial charge in [-0.1, -0.05) is 5.67 Å². The van der Waals surface area contributed by atoms with Crippen LogP contribution in [0.3, 0.4) is 0 Å². The molecule has 0 aromatic rings. The lowest BCUT2D eigenvalue weighted by atomic mass is 10.8. The summed E-state index contributed by atoms with van der Waals surface area (Å²) in [7, 11) is 0.475. The van der Waals surface area contributed by atoms with Crippen molar-refractivity contribution in [3.05, 3.63) is 12.0 Å². The number of hydrogen-bond acceptors (Lipinski definition) is 1. The molecule has 1 rings (SSSR count). The van der Waals surface area contributed by atoms with Gasteiger partial charge in [0.15, 0.2) is 0 Å². The van der Waals surface area contributed by atoms with Crippen LogP contribution in [0.25, 0.3) is 0 Å². The van der Waals surface area contributed by atoms with Gasteiger partial charge in [-0.15, -0.1) is 0 Å². The smallest absolute Gasteiger partial charge is 0.102 e. The van der Waals surface area contributed by atoms with Gasteiger partial charge in [-0.3, -0.25) is 0 Å². The predicted molar refractivity (Wildman–Crippen MR) is 28.3 cm³/mol. The molecule has 2 heteroatoms. The third-order valence-corrected chi connectivity index (χ3v) is 1.46. The van der Waals surface area contributed by atoms with Gasteiger partial charge in [0.25, 0.3) is 0 Å². The highest BCUT2D eigenvalue weighted by Gasteiger charge is 1.75. The molecule has 0 fully saturated rings. The van der Waals surface area contributed by atoms with Crippen molar-refractivity contribution >= 4 is 14.8 Å². The Morgan fingerprint density at radius 3 is 2.83 bits per heavy atom. The summed E-state index contributed by atoms with van der Waals surface area (Å²) in [5.41, 5.74) is 4.24. The van der Waals surface area contributed by atoms with Gasteiger partial charge in [0, 0.05) is 9.13 Å². The van der Waals surface area contributed by atoms with Gasteiger partial charge < -0.3 is 4.74 Å². The highest BCUT2D eigenvalue weighted by atomic mass is 28.2. The number of ether oxygens (including phenoxy) is 1. The van der Waals surface area contributed by atoms with Crippen LogP contribution in [-0.4, -0.2) is 21.4 Å². The van der Waals surface area contributed by atoms with Crippen molar-refractivity contribution in [1.82, 2.24) is 0 Å². The van der Waals surface area contributed by atoms with E-state index in [0.717, 1.165) is 6.61 Å². The highest BCUT2D eigenvalue weighted by molar-refractivity contribution is 6.52. The van der Waals surface area contributed by atoms with Crippen molar-refractivity contribution in [2.75, 3.05) is 6.61 Å². The van der Waals surface area contributed by atoms with E-state index in [4.69, 9.17) is 4.74 Å². The van der Waals surface area contributed by atoms with Gasteiger partial charge in [0.1, 0.15) is 6.61 Å². The fourth-order valence-corrected chi connectivity index (χ4v) is 0.927. The lowest BCUT2D eigenvalue weighted by Crippen LogP contribution is -1.96. The molecule has 0 bridgehead atoms. The minimum Gasteiger partial charge on any atom is -0.498 e. The first kappa shape index (κ1) is 3.80. The Morgan fingerprint density at radius 1 is 1.67 bits per heavy atom. The van der Waals surface area contributed by atoms with Crippen LogP contribution in [0.15, 0.2) is 12.0 Å². The normalized spacial score (nSPS) is 17.3. The maximum Gasteiger partial charge on any atom is 0.102 e. The van der Waals surface area contributed by atoms with Crippen LogP contribution < -0.4 is 0 Å². The molecule has 6 heavy (non-hydrogen) atoms. The first-order valence-corrected chi connectivity index (χ1v) is 3.27. The van der Waals surface area contributed by atoms with Crippen molar-refractivity contribution in [3.8, 4) is 0 Å². The molecular formula is C4H6OSi. The molecule has 0 unspecified atom stereocenters. The zero-order chi connectivity index (χ0) is 4.24. The van der Waals surface area contributed by atoms with E-state index in [1.807, 2.05) is 0 Å². The Morgan fingerprint density at radius 2 is 2.67 bits per heavy atom. The molecule has 1 heterocycles. The zero-order valence-corrected chi connectivity index (χ0v) is 4.58. The van der Waals surface area contributed by atoms with E-state index in [1.54, 1.807) is 6.26 Å². The van der Waals surface area contributed by atoms with Crippen molar-refractivity contribution in [2.45, 2.75) is 0 Å². The van der Waals surface area contributed by atoms with Crippen molar-refractivity contribution in [2.24, 2.45) is 0 Å². The predicted octanol–water partition coefficient (Wildman–Crippen LogP) is -0.274. The largest absolute Gasteiger partial charge is 0.498 e. The first-order valence-electron chi connectivity index (χ1n) is 1.93. The lowest BCUT2D eigenvalue weighted by molar-refractivity contribution is 0.306. The van der Waals surface area contributed by atoms with Gasteiger partial charge in [-0.05, 0) is 5.70 Å². The third kappa shape index (κ3) is 0.790. The van der Waals surface area contributed by atoms with Crippen molar-refractivity contribution in [3.63, 3.8) is 0 Å². The molecule has 0 aromatic carbocycles. The average molecular weight is 98.2 g/mol. The second-order valence-corrected chi connectivity index (χ2v) is 2.33. The number of rotatable bonds is 0. The minimum absolute atomic E-state index is 0.475. The van der Waals surface area contributed by atoms with Crippen LogP contribution in [0, 0.1) is 0 Å². The van der Waals surface area contributed by atoms with Gasteiger partial charge in [0.05, 0.1) is 6.26 Å². The van der Waals surface area contributed by atoms with E-state index in [-0.39, 0.29) is 0 Å².